The highest BCUT2D eigenvalue weighted by molar-refractivity contribution is 9.10. The fourth-order valence-electron chi connectivity index (χ4n) is 3.91. The lowest BCUT2D eigenvalue weighted by Crippen LogP contribution is -2.31. The number of ether oxygens (including phenoxy) is 1. The number of amides is 1. The number of anilines is 2. The van der Waals surface area contributed by atoms with Crippen molar-refractivity contribution in [2.45, 2.75) is 19.6 Å². The molecule has 8 nitrogen and oxygen atoms in total. The number of tetrazole rings is 1. The van der Waals surface area contributed by atoms with Crippen LogP contribution >= 0.6 is 15.9 Å². The van der Waals surface area contributed by atoms with Gasteiger partial charge in [0.05, 0.1) is 5.57 Å². The Morgan fingerprint density at radius 3 is 2.59 bits per heavy atom. The van der Waals surface area contributed by atoms with E-state index in [1.165, 1.54) is 0 Å². The second-order valence-electron chi connectivity index (χ2n) is 7.79. The molecule has 0 saturated carbocycles. The van der Waals surface area contributed by atoms with Gasteiger partial charge in [-0.05, 0) is 53.2 Å². The molecule has 1 unspecified atom stereocenters. The standard InChI is InChI=1S/C25H21BrN6O2/c1-16-22(24(33)28-19-10-6-3-7-11-19)23(32-25(27-16)29-30-31-32)20-14-18(26)12-13-21(20)34-15-17-8-4-2-5-9-17/h2-14,23H,15H2,1H3,(H,28,33)(H,27,29,31). The predicted molar refractivity (Wildman–Crippen MR) is 132 cm³/mol. The maximum Gasteiger partial charge on any atom is 0.255 e. The molecule has 3 aromatic carbocycles. The first-order valence-electron chi connectivity index (χ1n) is 10.7. The molecule has 2 heterocycles. The lowest BCUT2D eigenvalue weighted by molar-refractivity contribution is -0.113. The first-order valence-corrected chi connectivity index (χ1v) is 11.5. The first kappa shape index (κ1) is 21.8. The summed E-state index contributed by atoms with van der Waals surface area (Å²) in [5.41, 5.74) is 3.65. The molecule has 1 amide bonds. The van der Waals surface area contributed by atoms with Crippen molar-refractivity contribution in [3.05, 3.63) is 106 Å². The number of aromatic nitrogens is 4. The van der Waals surface area contributed by atoms with Gasteiger partial charge in [0, 0.05) is 21.4 Å². The van der Waals surface area contributed by atoms with Gasteiger partial charge in [-0.25, -0.2) is 0 Å². The number of para-hydroxylation sites is 1. The quantitative estimate of drug-likeness (QED) is 0.376. The van der Waals surface area contributed by atoms with Crippen molar-refractivity contribution in [3.8, 4) is 5.75 Å². The van der Waals surface area contributed by atoms with E-state index >= 15 is 0 Å². The van der Waals surface area contributed by atoms with Crippen LogP contribution in [0.2, 0.25) is 0 Å². The van der Waals surface area contributed by atoms with E-state index in [9.17, 15) is 4.79 Å². The molecule has 34 heavy (non-hydrogen) atoms. The van der Waals surface area contributed by atoms with Gasteiger partial charge in [0.2, 0.25) is 5.95 Å². The van der Waals surface area contributed by atoms with Gasteiger partial charge in [0.25, 0.3) is 5.91 Å². The largest absolute Gasteiger partial charge is 0.489 e. The summed E-state index contributed by atoms with van der Waals surface area (Å²) in [5.74, 6) is 0.835. The summed E-state index contributed by atoms with van der Waals surface area (Å²) in [7, 11) is 0. The molecule has 2 N–H and O–H groups in total. The molecule has 9 heteroatoms. The number of carbonyl (C=O) groups excluding carboxylic acids is 1. The fourth-order valence-corrected chi connectivity index (χ4v) is 4.29. The highest BCUT2D eigenvalue weighted by Gasteiger charge is 2.36. The van der Waals surface area contributed by atoms with Crippen molar-refractivity contribution < 1.29 is 9.53 Å². The van der Waals surface area contributed by atoms with E-state index in [4.69, 9.17) is 4.74 Å². The average Bonchev–Trinajstić information content (AvgIpc) is 3.31. The minimum atomic E-state index is -0.599. The molecule has 0 bridgehead atoms. The van der Waals surface area contributed by atoms with Crippen LogP contribution in [0.1, 0.15) is 24.1 Å². The summed E-state index contributed by atoms with van der Waals surface area (Å²) in [6.07, 6.45) is 0. The fraction of sp³-hybridized carbons (Fsp3) is 0.120. The van der Waals surface area contributed by atoms with E-state index in [1.54, 1.807) is 4.68 Å². The zero-order valence-corrected chi connectivity index (χ0v) is 19.9. The van der Waals surface area contributed by atoms with Gasteiger partial charge < -0.3 is 15.4 Å². The Morgan fingerprint density at radius 2 is 1.82 bits per heavy atom. The molecule has 170 valence electrons. The van der Waals surface area contributed by atoms with Crippen molar-refractivity contribution in [2.24, 2.45) is 0 Å². The van der Waals surface area contributed by atoms with Crippen LogP contribution in [0.3, 0.4) is 0 Å². The highest BCUT2D eigenvalue weighted by Crippen LogP contribution is 2.40. The SMILES string of the molecule is CC1=C(C(=O)Nc2ccccc2)C(c2cc(Br)ccc2OCc2ccccc2)n2nnnc2N1. The zero-order chi connectivity index (χ0) is 23.5. The lowest BCUT2D eigenvalue weighted by Gasteiger charge is -2.29. The molecule has 1 aliphatic heterocycles. The van der Waals surface area contributed by atoms with Crippen molar-refractivity contribution in [3.63, 3.8) is 0 Å². The number of rotatable bonds is 6. The molecule has 0 fully saturated rings. The number of nitrogens with zero attached hydrogens (tertiary/aromatic N) is 4. The second kappa shape index (κ2) is 9.48. The Hall–Kier alpha value is -3.98. The smallest absolute Gasteiger partial charge is 0.255 e. The van der Waals surface area contributed by atoms with Crippen LogP contribution in [-0.2, 0) is 11.4 Å². The lowest BCUT2D eigenvalue weighted by atomic mass is 9.94. The second-order valence-corrected chi connectivity index (χ2v) is 8.71. The van der Waals surface area contributed by atoms with Crippen LogP contribution in [0.25, 0.3) is 0 Å². The Morgan fingerprint density at radius 1 is 1.09 bits per heavy atom. The van der Waals surface area contributed by atoms with E-state index in [-0.39, 0.29) is 5.91 Å². The number of hydrogen-bond acceptors (Lipinski definition) is 6. The molecule has 1 aliphatic rings. The van der Waals surface area contributed by atoms with E-state index in [0.717, 1.165) is 15.6 Å². The summed E-state index contributed by atoms with van der Waals surface area (Å²) >= 11 is 3.57. The number of fused-ring (bicyclic) bond motifs is 1. The number of halogens is 1. The van der Waals surface area contributed by atoms with Gasteiger partial charge in [-0.3, -0.25) is 4.79 Å². The van der Waals surface area contributed by atoms with Gasteiger partial charge >= 0.3 is 0 Å². The summed E-state index contributed by atoms with van der Waals surface area (Å²) < 4.78 is 8.68. The number of hydrogen-bond donors (Lipinski definition) is 2. The van der Waals surface area contributed by atoms with Crippen molar-refractivity contribution in [1.82, 2.24) is 20.2 Å². The third-order valence-electron chi connectivity index (χ3n) is 5.49. The van der Waals surface area contributed by atoms with Crippen LogP contribution in [-0.4, -0.2) is 26.1 Å². The Balaban J connectivity index is 1.56. The predicted octanol–water partition coefficient (Wildman–Crippen LogP) is 4.94. The maximum atomic E-state index is 13.5. The first-order chi connectivity index (χ1) is 16.6. The molecule has 5 rings (SSSR count). The van der Waals surface area contributed by atoms with Crippen molar-refractivity contribution in [1.29, 1.82) is 0 Å². The Bertz CT molecular complexity index is 1350. The topological polar surface area (TPSA) is 94.0 Å². The zero-order valence-electron chi connectivity index (χ0n) is 18.3. The number of nitrogens with one attached hydrogen (secondary N) is 2. The molecule has 1 atom stereocenters. The maximum absolute atomic E-state index is 13.5. The van der Waals surface area contributed by atoms with E-state index in [0.29, 0.717) is 35.3 Å². The monoisotopic (exact) mass is 516 g/mol. The number of carbonyl (C=O) groups is 1. The Kier molecular flexibility index (Phi) is 6.09. The molecule has 0 radical (unpaired) electrons. The van der Waals surface area contributed by atoms with E-state index in [2.05, 4.69) is 42.1 Å². The number of allylic oxidation sites excluding steroid dienone is 1. The summed E-state index contributed by atoms with van der Waals surface area (Å²) in [6, 6.07) is 24.4. The summed E-state index contributed by atoms with van der Waals surface area (Å²) in [6.45, 7) is 2.23. The van der Waals surface area contributed by atoms with E-state index in [1.807, 2.05) is 85.8 Å². The van der Waals surface area contributed by atoms with Gasteiger partial charge in [-0.2, -0.15) is 4.68 Å². The van der Waals surface area contributed by atoms with Crippen molar-refractivity contribution >= 4 is 33.5 Å². The molecular formula is C25H21BrN6O2. The summed E-state index contributed by atoms with van der Waals surface area (Å²) in [5, 5.41) is 18.2. The molecule has 1 aromatic heterocycles. The van der Waals surface area contributed by atoms with Crippen molar-refractivity contribution in [2.75, 3.05) is 10.6 Å². The minimum Gasteiger partial charge on any atom is -0.489 e. The molecular weight excluding hydrogens is 496 g/mol. The van der Waals surface area contributed by atoms with Gasteiger partial charge in [0.1, 0.15) is 18.4 Å². The Labute approximate surface area is 204 Å². The van der Waals surface area contributed by atoms with Gasteiger partial charge in [-0.15, -0.1) is 0 Å². The summed E-state index contributed by atoms with van der Waals surface area (Å²) in [4.78, 5) is 13.5. The molecule has 4 aromatic rings. The minimum absolute atomic E-state index is 0.253. The average molecular weight is 517 g/mol. The van der Waals surface area contributed by atoms with Crippen LogP contribution in [0.15, 0.2) is 94.6 Å². The van der Waals surface area contributed by atoms with Crippen LogP contribution in [0, 0.1) is 0 Å². The number of benzene rings is 3. The van der Waals surface area contributed by atoms with Crippen LogP contribution in [0.5, 0.6) is 5.75 Å². The van der Waals surface area contributed by atoms with Crippen LogP contribution in [0.4, 0.5) is 11.6 Å². The third-order valence-corrected chi connectivity index (χ3v) is 5.99. The van der Waals surface area contributed by atoms with Crippen LogP contribution < -0.4 is 15.4 Å². The molecule has 0 saturated heterocycles. The van der Waals surface area contributed by atoms with Gasteiger partial charge in [0.15, 0.2) is 0 Å². The molecule has 0 aliphatic carbocycles. The highest BCUT2D eigenvalue weighted by atomic mass is 79.9. The molecule has 0 spiro atoms. The normalized spacial score (nSPS) is 14.8. The van der Waals surface area contributed by atoms with E-state index < -0.39 is 6.04 Å². The third kappa shape index (κ3) is 4.42. The van der Waals surface area contributed by atoms with Gasteiger partial charge in [-0.1, -0.05) is 69.6 Å².